The highest BCUT2D eigenvalue weighted by atomic mass is 35.5. The van der Waals surface area contributed by atoms with Crippen LogP contribution < -0.4 is 0 Å². The maximum absolute atomic E-state index is 5.53. The molecule has 0 fully saturated rings. The molecule has 1 aromatic rings. The van der Waals surface area contributed by atoms with Crippen LogP contribution >= 0.6 is 34.8 Å². The average Bonchev–Trinajstić information content (AvgIpc) is 2.05. The van der Waals surface area contributed by atoms with Crippen LogP contribution in [0, 0.1) is 0 Å². The fourth-order valence-electron chi connectivity index (χ4n) is 0.546. The number of aromatic nitrogens is 2. The second-order valence-corrected chi connectivity index (χ2v) is 3.23. The van der Waals surface area contributed by atoms with E-state index in [1.165, 1.54) is 6.20 Å². The molecular formula is C6H5Cl3N2. The highest BCUT2D eigenvalue weighted by Crippen LogP contribution is 2.21. The number of halogens is 3. The molecule has 0 saturated carbocycles. The third kappa shape index (κ3) is 2.47. The van der Waals surface area contributed by atoms with Gasteiger partial charge in [-0.3, -0.25) is 9.97 Å². The van der Waals surface area contributed by atoms with Crippen LogP contribution in [-0.2, 0) is 5.88 Å². The van der Waals surface area contributed by atoms with Gasteiger partial charge in [0.25, 0.3) is 0 Å². The smallest absolute Gasteiger partial charge is 0.151 e. The minimum Gasteiger partial charge on any atom is -0.256 e. The Morgan fingerprint density at radius 2 is 2.00 bits per heavy atom. The van der Waals surface area contributed by atoms with E-state index in [0.29, 0.717) is 17.3 Å². The van der Waals surface area contributed by atoms with Crippen LogP contribution in [0.25, 0.3) is 0 Å². The van der Waals surface area contributed by atoms with E-state index < -0.39 is 4.84 Å². The van der Waals surface area contributed by atoms with Gasteiger partial charge in [-0.05, 0) is 0 Å². The summed E-state index contributed by atoms with van der Waals surface area (Å²) >= 11 is 16.5. The third-order valence-corrected chi connectivity index (χ3v) is 1.81. The van der Waals surface area contributed by atoms with Crippen molar-refractivity contribution in [1.29, 1.82) is 0 Å². The lowest BCUT2D eigenvalue weighted by atomic mass is 10.4. The number of alkyl halides is 3. The SMILES string of the molecule is ClCc1cnc(C(Cl)Cl)cn1. The van der Waals surface area contributed by atoms with Crippen molar-refractivity contribution in [2.75, 3.05) is 0 Å². The highest BCUT2D eigenvalue weighted by Gasteiger charge is 2.04. The molecule has 0 bridgehead atoms. The maximum Gasteiger partial charge on any atom is 0.151 e. The lowest BCUT2D eigenvalue weighted by Crippen LogP contribution is -1.92. The molecule has 0 amide bonds. The van der Waals surface area contributed by atoms with Gasteiger partial charge >= 0.3 is 0 Å². The molecule has 0 atom stereocenters. The van der Waals surface area contributed by atoms with Crippen LogP contribution in [0.15, 0.2) is 12.4 Å². The highest BCUT2D eigenvalue weighted by molar-refractivity contribution is 6.43. The molecule has 2 nitrogen and oxygen atoms in total. The molecule has 0 aromatic carbocycles. The van der Waals surface area contributed by atoms with E-state index in [4.69, 9.17) is 34.8 Å². The van der Waals surface area contributed by atoms with Crippen molar-refractivity contribution < 1.29 is 0 Å². The van der Waals surface area contributed by atoms with Gasteiger partial charge in [-0.2, -0.15) is 0 Å². The Morgan fingerprint density at radius 1 is 1.27 bits per heavy atom. The van der Waals surface area contributed by atoms with Crippen molar-refractivity contribution in [3.63, 3.8) is 0 Å². The van der Waals surface area contributed by atoms with E-state index in [1.54, 1.807) is 6.20 Å². The standard InChI is InChI=1S/C6H5Cl3N2/c7-1-4-2-11-5(3-10-4)6(8)9/h2-3,6H,1H2. The van der Waals surface area contributed by atoms with Gasteiger partial charge in [0, 0.05) is 0 Å². The molecule has 1 aromatic heterocycles. The van der Waals surface area contributed by atoms with Gasteiger partial charge in [-0.1, -0.05) is 23.2 Å². The molecule has 60 valence electrons. The topological polar surface area (TPSA) is 25.8 Å². The number of nitrogens with zero attached hydrogens (tertiary/aromatic N) is 2. The van der Waals surface area contributed by atoms with Crippen molar-refractivity contribution in [2.24, 2.45) is 0 Å². The van der Waals surface area contributed by atoms with Crippen molar-refractivity contribution in [1.82, 2.24) is 9.97 Å². The maximum atomic E-state index is 5.53. The first-order valence-corrected chi connectivity index (χ1v) is 4.29. The molecule has 0 spiro atoms. The third-order valence-electron chi connectivity index (χ3n) is 1.09. The van der Waals surface area contributed by atoms with Gasteiger partial charge in [0.1, 0.15) is 0 Å². The normalized spacial score (nSPS) is 10.5. The number of rotatable bonds is 2. The summed E-state index contributed by atoms with van der Waals surface area (Å²) in [6.45, 7) is 0. The summed E-state index contributed by atoms with van der Waals surface area (Å²) in [5.41, 5.74) is 1.26. The molecule has 0 aliphatic rings. The van der Waals surface area contributed by atoms with Crippen LogP contribution in [0.5, 0.6) is 0 Å². The minimum absolute atomic E-state index is 0.350. The second kappa shape index (κ2) is 4.10. The Balaban J connectivity index is 2.83. The van der Waals surface area contributed by atoms with Crippen LogP contribution in [0.2, 0.25) is 0 Å². The van der Waals surface area contributed by atoms with Gasteiger partial charge < -0.3 is 0 Å². The quantitative estimate of drug-likeness (QED) is 0.703. The van der Waals surface area contributed by atoms with Gasteiger partial charge in [0.15, 0.2) is 4.84 Å². The summed E-state index contributed by atoms with van der Waals surface area (Å²) in [5.74, 6) is 0.350. The van der Waals surface area contributed by atoms with Crippen LogP contribution in [0.1, 0.15) is 16.2 Å². The Kier molecular flexibility index (Phi) is 3.37. The van der Waals surface area contributed by atoms with E-state index in [0.717, 1.165) is 0 Å². The second-order valence-electron chi connectivity index (χ2n) is 1.87. The average molecular weight is 211 g/mol. The van der Waals surface area contributed by atoms with Gasteiger partial charge in [-0.15, -0.1) is 11.6 Å². The summed E-state index contributed by atoms with van der Waals surface area (Å²) < 4.78 is 0. The summed E-state index contributed by atoms with van der Waals surface area (Å²) in [6, 6.07) is 0. The first-order valence-electron chi connectivity index (χ1n) is 2.89. The molecule has 0 saturated heterocycles. The molecule has 0 aliphatic heterocycles. The molecule has 0 N–H and O–H groups in total. The van der Waals surface area contributed by atoms with Crippen LogP contribution in [-0.4, -0.2) is 9.97 Å². The summed E-state index contributed by atoms with van der Waals surface area (Å²) in [4.78, 5) is 7.27. The fourth-order valence-corrected chi connectivity index (χ4v) is 0.910. The first-order chi connectivity index (χ1) is 5.24. The monoisotopic (exact) mass is 210 g/mol. The van der Waals surface area contributed by atoms with E-state index in [2.05, 4.69) is 9.97 Å². The molecule has 5 heteroatoms. The van der Waals surface area contributed by atoms with Crippen molar-refractivity contribution >= 4 is 34.8 Å². The van der Waals surface area contributed by atoms with Crippen molar-refractivity contribution in [3.05, 3.63) is 23.8 Å². The minimum atomic E-state index is -0.619. The number of hydrogen-bond donors (Lipinski definition) is 0. The van der Waals surface area contributed by atoms with E-state index in [1.807, 2.05) is 0 Å². The van der Waals surface area contributed by atoms with Gasteiger partial charge in [0.05, 0.1) is 29.7 Å². The summed E-state index contributed by atoms with van der Waals surface area (Å²) in [5, 5.41) is 0. The zero-order valence-electron chi connectivity index (χ0n) is 5.47. The lowest BCUT2D eigenvalue weighted by Gasteiger charge is -1.99. The van der Waals surface area contributed by atoms with Crippen LogP contribution in [0.4, 0.5) is 0 Å². The summed E-state index contributed by atoms with van der Waals surface area (Å²) in [7, 11) is 0. The van der Waals surface area contributed by atoms with Gasteiger partial charge in [-0.25, -0.2) is 0 Å². The Bertz CT molecular complexity index is 222. The molecule has 1 heterocycles. The van der Waals surface area contributed by atoms with E-state index >= 15 is 0 Å². The predicted molar refractivity (Wildman–Crippen MR) is 46.0 cm³/mol. The molecule has 1 rings (SSSR count). The van der Waals surface area contributed by atoms with Gasteiger partial charge in [0.2, 0.25) is 0 Å². The Hall–Kier alpha value is -0.0500. The van der Waals surface area contributed by atoms with Crippen molar-refractivity contribution in [2.45, 2.75) is 10.7 Å². The van der Waals surface area contributed by atoms with E-state index in [-0.39, 0.29) is 0 Å². The zero-order valence-corrected chi connectivity index (χ0v) is 7.74. The molecular weight excluding hydrogens is 206 g/mol. The predicted octanol–water partition coefficient (Wildman–Crippen LogP) is 2.69. The molecule has 11 heavy (non-hydrogen) atoms. The molecule has 0 aliphatic carbocycles. The lowest BCUT2D eigenvalue weighted by molar-refractivity contribution is 1.02. The Labute approximate surface area is 79.5 Å². The molecule has 0 radical (unpaired) electrons. The fraction of sp³-hybridized carbons (Fsp3) is 0.333. The Morgan fingerprint density at radius 3 is 2.36 bits per heavy atom. The first kappa shape index (κ1) is 9.04. The van der Waals surface area contributed by atoms with E-state index in [9.17, 15) is 0 Å². The zero-order chi connectivity index (χ0) is 8.27. The van der Waals surface area contributed by atoms with Crippen molar-refractivity contribution in [3.8, 4) is 0 Å². The van der Waals surface area contributed by atoms with Crippen LogP contribution in [0.3, 0.4) is 0 Å². The molecule has 0 unspecified atom stereocenters. The largest absolute Gasteiger partial charge is 0.256 e. The number of hydrogen-bond acceptors (Lipinski definition) is 2. The summed E-state index contributed by atoms with van der Waals surface area (Å²) in [6.07, 6.45) is 3.07.